The lowest BCUT2D eigenvalue weighted by molar-refractivity contribution is 0.0946. The van der Waals surface area contributed by atoms with E-state index in [4.69, 9.17) is 4.52 Å². The van der Waals surface area contributed by atoms with E-state index < -0.39 is 10.0 Å². The number of carbonyl (C=O) groups excluding carboxylic acids is 1. The highest BCUT2D eigenvalue weighted by Crippen LogP contribution is 2.28. The van der Waals surface area contributed by atoms with Gasteiger partial charge in [0.15, 0.2) is 0 Å². The van der Waals surface area contributed by atoms with Crippen LogP contribution in [0.1, 0.15) is 38.5 Å². The number of nitrogens with one attached hydrogen (secondary N) is 1. The minimum atomic E-state index is -3.52. The van der Waals surface area contributed by atoms with Gasteiger partial charge in [-0.3, -0.25) is 9.10 Å². The predicted octanol–water partition coefficient (Wildman–Crippen LogP) is 4.56. The van der Waals surface area contributed by atoms with E-state index in [0.29, 0.717) is 23.0 Å². The highest BCUT2D eigenvalue weighted by Gasteiger charge is 2.21. The Labute approximate surface area is 211 Å². The number of rotatable bonds is 8. The Morgan fingerprint density at radius 1 is 0.972 bits per heavy atom. The molecule has 3 aromatic carbocycles. The lowest BCUT2D eigenvalue weighted by atomic mass is 10.1. The van der Waals surface area contributed by atoms with Gasteiger partial charge in [-0.05, 0) is 55.7 Å². The zero-order valence-electron chi connectivity index (χ0n) is 20.6. The van der Waals surface area contributed by atoms with Gasteiger partial charge in [0.2, 0.25) is 21.7 Å². The van der Waals surface area contributed by atoms with E-state index in [-0.39, 0.29) is 19.0 Å². The molecule has 186 valence electrons. The number of sulfonamides is 1. The van der Waals surface area contributed by atoms with Crippen LogP contribution in [0.2, 0.25) is 0 Å². The van der Waals surface area contributed by atoms with E-state index in [9.17, 15) is 13.2 Å². The Kier molecular flexibility index (Phi) is 7.21. The van der Waals surface area contributed by atoms with Gasteiger partial charge in [-0.2, -0.15) is 4.98 Å². The van der Waals surface area contributed by atoms with Gasteiger partial charge in [0.05, 0.1) is 25.0 Å². The maximum Gasteiger partial charge on any atom is 0.251 e. The number of hydrogen-bond acceptors (Lipinski definition) is 6. The number of benzene rings is 3. The smallest absolute Gasteiger partial charge is 0.251 e. The van der Waals surface area contributed by atoms with Gasteiger partial charge in [-0.25, -0.2) is 8.42 Å². The van der Waals surface area contributed by atoms with Crippen LogP contribution in [0.3, 0.4) is 0 Å². The van der Waals surface area contributed by atoms with Crippen molar-refractivity contribution < 1.29 is 17.7 Å². The van der Waals surface area contributed by atoms with E-state index in [1.54, 1.807) is 24.3 Å². The van der Waals surface area contributed by atoms with E-state index in [1.807, 2.05) is 63.2 Å². The Morgan fingerprint density at radius 2 is 1.64 bits per heavy atom. The number of amides is 1. The van der Waals surface area contributed by atoms with Gasteiger partial charge in [0, 0.05) is 11.1 Å². The molecule has 4 rings (SSSR count). The molecule has 0 unspecified atom stereocenters. The molecule has 1 amide bonds. The molecule has 0 spiro atoms. The molecule has 4 aromatic rings. The van der Waals surface area contributed by atoms with Gasteiger partial charge >= 0.3 is 0 Å². The van der Waals surface area contributed by atoms with Crippen molar-refractivity contribution in [1.29, 1.82) is 0 Å². The molecule has 0 fully saturated rings. The molecule has 1 N–H and O–H groups in total. The summed E-state index contributed by atoms with van der Waals surface area (Å²) in [7, 11) is -3.52. The van der Waals surface area contributed by atoms with Crippen molar-refractivity contribution in [2.45, 2.75) is 33.9 Å². The third kappa shape index (κ3) is 5.80. The molecule has 0 saturated carbocycles. The lowest BCUT2D eigenvalue weighted by Gasteiger charge is -2.26. The third-order valence-corrected chi connectivity index (χ3v) is 6.89. The van der Waals surface area contributed by atoms with E-state index in [0.717, 1.165) is 27.8 Å². The highest BCUT2D eigenvalue weighted by atomic mass is 32.2. The van der Waals surface area contributed by atoms with Crippen LogP contribution in [-0.2, 0) is 23.1 Å². The third-order valence-electron chi connectivity index (χ3n) is 5.78. The van der Waals surface area contributed by atoms with Crippen LogP contribution in [0.15, 0.2) is 71.3 Å². The second kappa shape index (κ2) is 10.3. The van der Waals surface area contributed by atoms with Gasteiger partial charge in [-0.15, -0.1) is 0 Å². The van der Waals surface area contributed by atoms with Gasteiger partial charge in [0.1, 0.15) is 0 Å². The van der Waals surface area contributed by atoms with E-state index in [2.05, 4.69) is 15.5 Å². The van der Waals surface area contributed by atoms with Crippen molar-refractivity contribution in [2.24, 2.45) is 0 Å². The first-order valence-corrected chi connectivity index (χ1v) is 13.3. The molecule has 0 aliphatic carbocycles. The normalized spacial score (nSPS) is 11.3. The SMILES string of the molecule is Cc1cccc(-c2noc(CNC(=O)c3ccc(CN(c4c(C)cccc4C)S(C)(=O)=O)cc3)n2)c1. The first-order chi connectivity index (χ1) is 17.1. The van der Waals surface area contributed by atoms with Crippen LogP contribution in [0.5, 0.6) is 0 Å². The Balaban J connectivity index is 1.42. The molecule has 0 atom stereocenters. The summed E-state index contributed by atoms with van der Waals surface area (Å²) in [5.74, 6) is 0.465. The molecule has 0 bridgehead atoms. The Hall–Kier alpha value is -3.98. The summed E-state index contributed by atoms with van der Waals surface area (Å²) in [5.41, 5.74) is 5.56. The van der Waals surface area contributed by atoms with E-state index >= 15 is 0 Å². The quantitative estimate of drug-likeness (QED) is 0.377. The second-order valence-electron chi connectivity index (χ2n) is 8.77. The Morgan fingerprint density at radius 3 is 2.28 bits per heavy atom. The topological polar surface area (TPSA) is 105 Å². The minimum Gasteiger partial charge on any atom is -0.343 e. The zero-order chi connectivity index (χ0) is 25.9. The summed E-state index contributed by atoms with van der Waals surface area (Å²) in [5, 5.41) is 6.76. The van der Waals surface area contributed by atoms with Crippen LogP contribution in [-0.4, -0.2) is 30.7 Å². The van der Waals surface area contributed by atoms with Crippen LogP contribution in [0, 0.1) is 20.8 Å². The summed E-state index contributed by atoms with van der Waals surface area (Å²) in [6.07, 6.45) is 1.20. The first kappa shape index (κ1) is 25.1. The monoisotopic (exact) mass is 504 g/mol. The summed E-state index contributed by atoms with van der Waals surface area (Å²) >= 11 is 0. The molecular weight excluding hydrogens is 476 g/mol. The lowest BCUT2D eigenvalue weighted by Crippen LogP contribution is -2.30. The number of carbonyl (C=O) groups is 1. The summed E-state index contributed by atoms with van der Waals surface area (Å²) in [6, 6.07) is 20.3. The highest BCUT2D eigenvalue weighted by molar-refractivity contribution is 7.92. The molecule has 8 nitrogen and oxygen atoms in total. The van der Waals surface area contributed by atoms with Crippen molar-refractivity contribution in [2.75, 3.05) is 10.6 Å². The van der Waals surface area contributed by atoms with Crippen LogP contribution in [0.25, 0.3) is 11.4 Å². The van der Waals surface area contributed by atoms with Gasteiger partial charge in [-0.1, -0.05) is 59.3 Å². The largest absolute Gasteiger partial charge is 0.343 e. The predicted molar refractivity (Wildman–Crippen MR) is 139 cm³/mol. The first-order valence-electron chi connectivity index (χ1n) is 11.4. The van der Waals surface area contributed by atoms with Gasteiger partial charge in [0.25, 0.3) is 5.91 Å². The molecule has 9 heteroatoms. The fraction of sp³-hybridized carbons (Fsp3) is 0.222. The van der Waals surface area contributed by atoms with Crippen molar-refractivity contribution >= 4 is 21.6 Å². The fourth-order valence-corrected chi connectivity index (χ4v) is 4.98. The van der Waals surface area contributed by atoms with Crippen molar-refractivity contribution in [3.63, 3.8) is 0 Å². The minimum absolute atomic E-state index is 0.0911. The average Bonchev–Trinajstić information content (AvgIpc) is 3.31. The number of aryl methyl sites for hydroxylation is 3. The maximum atomic E-state index is 12.6. The number of aromatic nitrogens is 2. The molecular formula is C27H28N4O4S. The molecule has 0 radical (unpaired) electrons. The van der Waals surface area contributed by atoms with Crippen molar-refractivity contribution in [1.82, 2.24) is 15.5 Å². The standard InChI is InChI=1S/C27H28N4O4S/c1-18-7-5-10-23(15-18)26-29-24(35-30-26)16-28-27(32)22-13-11-21(12-14-22)17-31(36(4,33)34)25-19(2)8-6-9-20(25)3/h5-15H,16-17H2,1-4H3,(H,28,32). The molecule has 0 aliphatic rings. The Bertz CT molecular complexity index is 1470. The summed E-state index contributed by atoms with van der Waals surface area (Å²) < 4.78 is 31.8. The molecule has 1 heterocycles. The molecule has 0 aliphatic heterocycles. The van der Waals surface area contributed by atoms with Crippen molar-refractivity contribution in [3.8, 4) is 11.4 Å². The van der Waals surface area contributed by atoms with Crippen LogP contribution >= 0.6 is 0 Å². The molecule has 36 heavy (non-hydrogen) atoms. The second-order valence-corrected chi connectivity index (χ2v) is 10.7. The number of para-hydroxylation sites is 1. The fourth-order valence-electron chi connectivity index (χ4n) is 3.97. The number of anilines is 1. The zero-order valence-corrected chi connectivity index (χ0v) is 21.5. The number of hydrogen-bond donors (Lipinski definition) is 1. The maximum absolute atomic E-state index is 12.6. The van der Waals surface area contributed by atoms with Crippen LogP contribution in [0.4, 0.5) is 5.69 Å². The molecule has 0 saturated heterocycles. The molecule has 1 aromatic heterocycles. The van der Waals surface area contributed by atoms with E-state index in [1.165, 1.54) is 10.6 Å². The average molecular weight is 505 g/mol. The summed E-state index contributed by atoms with van der Waals surface area (Å²) in [4.78, 5) is 17.0. The van der Waals surface area contributed by atoms with Crippen LogP contribution < -0.4 is 9.62 Å². The van der Waals surface area contributed by atoms with Gasteiger partial charge < -0.3 is 9.84 Å². The van der Waals surface area contributed by atoms with Crippen molar-refractivity contribution in [3.05, 3.63) is 100 Å². The number of nitrogens with zero attached hydrogens (tertiary/aromatic N) is 3. The summed E-state index contributed by atoms with van der Waals surface area (Å²) in [6.45, 7) is 6.02.